The van der Waals surface area contributed by atoms with E-state index in [9.17, 15) is 13.2 Å². The van der Waals surface area contributed by atoms with Crippen molar-refractivity contribution in [1.82, 2.24) is 9.97 Å². The first-order chi connectivity index (χ1) is 9.13. The molecular formula is C14H9F3N2. The molecule has 19 heavy (non-hydrogen) atoms. The number of H-pyrrole nitrogens is 1. The van der Waals surface area contributed by atoms with E-state index in [1.807, 2.05) is 0 Å². The lowest BCUT2D eigenvalue weighted by Crippen LogP contribution is -1.93. The van der Waals surface area contributed by atoms with Crippen molar-refractivity contribution in [2.24, 2.45) is 0 Å². The fourth-order valence-electron chi connectivity index (χ4n) is 1.96. The summed E-state index contributed by atoms with van der Waals surface area (Å²) >= 11 is 0. The van der Waals surface area contributed by atoms with Gasteiger partial charge in [-0.3, -0.25) is 0 Å². The minimum atomic E-state index is -0.948. The summed E-state index contributed by atoms with van der Waals surface area (Å²) in [5.41, 5.74) is 1.19. The highest BCUT2D eigenvalue weighted by Crippen LogP contribution is 2.18. The van der Waals surface area contributed by atoms with E-state index < -0.39 is 11.6 Å². The molecule has 3 aromatic rings. The van der Waals surface area contributed by atoms with E-state index in [1.54, 1.807) is 18.2 Å². The molecule has 1 aromatic heterocycles. The van der Waals surface area contributed by atoms with E-state index in [-0.39, 0.29) is 12.2 Å². The Labute approximate surface area is 106 Å². The number of fused-ring (bicyclic) bond motifs is 1. The number of halogens is 3. The summed E-state index contributed by atoms with van der Waals surface area (Å²) < 4.78 is 39.6. The average molecular weight is 262 g/mol. The van der Waals surface area contributed by atoms with Crippen molar-refractivity contribution in [2.75, 3.05) is 0 Å². The molecule has 0 unspecified atom stereocenters. The van der Waals surface area contributed by atoms with Crippen LogP contribution in [-0.2, 0) is 6.42 Å². The number of benzene rings is 2. The van der Waals surface area contributed by atoms with Gasteiger partial charge in [0.1, 0.15) is 11.6 Å². The van der Waals surface area contributed by atoms with Crippen LogP contribution in [0, 0.1) is 17.5 Å². The third-order valence-corrected chi connectivity index (χ3v) is 2.89. The van der Waals surface area contributed by atoms with Gasteiger partial charge in [0.2, 0.25) is 0 Å². The molecule has 96 valence electrons. The van der Waals surface area contributed by atoms with E-state index in [0.717, 1.165) is 12.1 Å². The molecule has 0 saturated carbocycles. The summed E-state index contributed by atoms with van der Waals surface area (Å²) in [6.07, 6.45) is 0.241. The summed E-state index contributed by atoms with van der Waals surface area (Å²) in [5.74, 6) is -1.75. The van der Waals surface area contributed by atoms with Gasteiger partial charge in [0.15, 0.2) is 11.6 Å². The molecule has 2 nitrogen and oxygen atoms in total. The second kappa shape index (κ2) is 4.42. The minimum absolute atomic E-state index is 0.241. The number of nitrogens with one attached hydrogen (secondary N) is 1. The quantitative estimate of drug-likeness (QED) is 0.751. The Morgan fingerprint density at radius 1 is 0.947 bits per heavy atom. The van der Waals surface area contributed by atoms with Gasteiger partial charge in [-0.25, -0.2) is 18.2 Å². The number of hydrogen-bond donors (Lipinski definition) is 1. The van der Waals surface area contributed by atoms with Gasteiger partial charge in [0.05, 0.1) is 11.0 Å². The van der Waals surface area contributed by atoms with Gasteiger partial charge < -0.3 is 4.98 Å². The Bertz CT molecular complexity index is 711. The van der Waals surface area contributed by atoms with Crippen LogP contribution in [-0.4, -0.2) is 9.97 Å². The molecule has 0 radical (unpaired) electrons. The lowest BCUT2D eigenvalue weighted by atomic mass is 10.1. The van der Waals surface area contributed by atoms with Gasteiger partial charge in [-0.2, -0.15) is 0 Å². The summed E-state index contributed by atoms with van der Waals surface area (Å²) in [7, 11) is 0. The van der Waals surface area contributed by atoms with Crippen LogP contribution in [0.3, 0.4) is 0 Å². The van der Waals surface area contributed by atoms with Gasteiger partial charge in [-0.15, -0.1) is 0 Å². The van der Waals surface area contributed by atoms with E-state index in [1.165, 1.54) is 6.07 Å². The molecule has 0 amide bonds. The maximum Gasteiger partial charge on any atom is 0.161 e. The SMILES string of the molecule is Fc1cc2nc(Cc3ccccc3F)[nH]c2cc1F. The molecule has 0 aliphatic heterocycles. The van der Waals surface area contributed by atoms with Crippen LogP contribution < -0.4 is 0 Å². The summed E-state index contributed by atoms with van der Waals surface area (Å²) in [6, 6.07) is 8.39. The number of imidazole rings is 1. The highest BCUT2D eigenvalue weighted by atomic mass is 19.2. The zero-order valence-electron chi connectivity index (χ0n) is 9.75. The lowest BCUT2D eigenvalue weighted by molar-refractivity contribution is 0.510. The molecule has 0 saturated heterocycles. The summed E-state index contributed by atoms with van der Waals surface area (Å²) in [6.45, 7) is 0. The van der Waals surface area contributed by atoms with Crippen LogP contribution in [0.2, 0.25) is 0 Å². The number of hydrogen-bond acceptors (Lipinski definition) is 1. The second-order valence-corrected chi connectivity index (χ2v) is 4.24. The molecule has 3 rings (SSSR count). The molecule has 5 heteroatoms. The van der Waals surface area contributed by atoms with E-state index >= 15 is 0 Å². The Balaban J connectivity index is 2.00. The first kappa shape index (κ1) is 11.8. The first-order valence-electron chi connectivity index (χ1n) is 5.70. The maximum atomic E-state index is 13.5. The third kappa shape index (κ3) is 2.19. The Morgan fingerprint density at radius 2 is 1.68 bits per heavy atom. The van der Waals surface area contributed by atoms with Crippen LogP contribution in [0.4, 0.5) is 13.2 Å². The molecule has 2 aromatic carbocycles. The smallest absolute Gasteiger partial charge is 0.161 e. The predicted molar refractivity (Wildman–Crippen MR) is 65.2 cm³/mol. The van der Waals surface area contributed by atoms with Gasteiger partial charge in [0.25, 0.3) is 0 Å². The predicted octanol–water partition coefficient (Wildman–Crippen LogP) is 3.57. The van der Waals surface area contributed by atoms with Crippen molar-refractivity contribution in [2.45, 2.75) is 6.42 Å². The third-order valence-electron chi connectivity index (χ3n) is 2.89. The van der Waals surface area contributed by atoms with E-state index in [2.05, 4.69) is 9.97 Å². The number of nitrogens with zero attached hydrogens (tertiary/aromatic N) is 1. The van der Waals surface area contributed by atoms with Crippen LogP contribution in [0.15, 0.2) is 36.4 Å². The number of aromatic nitrogens is 2. The normalized spacial score (nSPS) is 11.1. The molecule has 0 bridgehead atoms. The fraction of sp³-hybridized carbons (Fsp3) is 0.0714. The Morgan fingerprint density at radius 3 is 2.47 bits per heavy atom. The van der Waals surface area contributed by atoms with Crippen LogP contribution >= 0.6 is 0 Å². The van der Waals surface area contributed by atoms with Crippen molar-refractivity contribution in [3.63, 3.8) is 0 Å². The Kier molecular flexibility index (Phi) is 2.74. The fourth-order valence-corrected chi connectivity index (χ4v) is 1.96. The largest absolute Gasteiger partial charge is 0.342 e. The lowest BCUT2D eigenvalue weighted by Gasteiger charge is -1.99. The molecule has 0 aliphatic carbocycles. The zero-order chi connectivity index (χ0) is 13.4. The monoisotopic (exact) mass is 262 g/mol. The number of rotatable bonds is 2. The van der Waals surface area contributed by atoms with Gasteiger partial charge in [-0.1, -0.05) is 18.2 Å². The molecular weight excluding hydrogens is 253 g/mol. The highest BCUT2D eigenvalue weighted by molar-refractivity contribution is 5.75. The molecule has 0 aliphatic rings. The zero-order valence-corrected chi connectivity index (χ0v) is 9.75. The average Bonchev–Trinajstić information content (AvgIpc) is 2.74. The topological polar surface area (TPSA) is 28.7 Å². The molecule has 1 heterocycles. The molecule has 0 spiro atoms. The van der Waals surface area contributed by atoms with Crippen molar-refractivity contribution < 1.29 is 13.2 Å². The minimum Gasteiger partial charge on any atom is -0.342 e. The van der Waals surface area contributed by atoms with Crippen molar-refractivity contribution in [3.8, 4) is 0 Å². The van der Waals surface area contributed by atoms with Crippen molar-refractivity contribution >= 4 is 11.0 Å². The number of aromatic amines is 1. The molecule has 0 atom stereocenters. The molecule has 0 fully saturated rings. The van der Waals surface area contributed by atoms with E-state index in [0.29, 0.717) is 22.4 Å². The van der Waals surface area contributed by atoms with E-state index in [4.69, 9.17) is 0 Å². The van der Waals surface area contributed by atoms with Crippen molar-refractivity contribution in [1.29, 1.82) is 0 Å². The highest BCUT2D eigenvalue weighted by Gasteiger charge is 2.10. The first-order valence-corrected chi connectivity index (χ1v) is 5.70. The summed E-state index contributed by atoms with van der Waals surface area (Å²) in [4.78, 5) is 6.98. The van der Waals surface area contributed by atoms with Crippen LogP contribution in [0.5, 0.6) is 0 Å². The molecule has 1 N–H and O–H groups in total. The van der Waals surface area contributed by atoms with Crippen LogP contribution in [0.25, 0.3) is 11.0 Å². The van der Waals surface area contributed by atoms with Crippen molar-refractivity contribution in [3.05, 3.63) is 65.2 Å². The van der Waals surface area contributed by atoms with Crippen LogP contribution in [0.1, 0.15) is 11.4 Å². The van der Waals surface area contributed by atoms with Gasteiger partial charge in [-0.05, 0) is 11.6 Å². The summed E-state index contributed by atoms with van der Waals surface area (Å²) in [5, 5.41) is 0. The Hall–Kier alpha value is -2.30. The second-order valence-electron chi connectivity index (χ2n) is 4.24. The van der Waals surface area contributed by atoms with Gasteiger partial charge >= 0.3 is 0 Å². The standard InChI is InChI=1S/C14H9F3N2/c15-9-4-2-1-3-8(9)5-14-18-12-6-10(16)11(17)7-13(12)19-14/h1-4,6-7H,5H2,(H,18,19). The van der Waals surface area contributed by atoms with Gasteiger partial charge in [0, 0.05) is 18.6 Å². The maximum absolute atomic E-state index is 13.5.